The molecule has 0 aromatic carbocycles. The first kappa shape index (κ1) is 6.13. The lowest BCUT2D eigenvalue weighted by atomic mass is 10.5. The highest BCUT2D eigenvalue weighted by Gasteiger charge is 1.94. The second kappa shape index (κ2) is 2.53. The van der Waals surface area contributed by atoms with Crippen LogP contribution in [-0.4, -0.2) is 11.7 Å². The first-order valence-electron chi connectivity index (χ1n) is 3.00. The van der Waals surface area contributed by atoms with Gasteiger partial charge in [-0.3, -0.25) is 0 Å². The van der Waals surface area contributed by atoms with Gasteiger partial charge in [0.1, 0.15) is 5.76 Å². The quantitative estimate of drug-likeness (QED) is 0.651. The van der Waals surface area contributed by atoms with Crippen molar-refractivity contribution in [3.8, 4) is 0 Å². The second-order valence-electron chi connectivity index (χ2n) is 1.85. The molecule has 0 fully saturated rings. The fourth-order valence-electron chi connectivity index (χ4n) is 0.631. The number of anilines is 1. The molecule has 3 nitrogen and oxygen atoms in total. The van der Waals surface area contributed by atoms with E-state index in [0.717, 1.165) is 18.1 Å². The van der Waals surface area contributed by atoms with Crippen LogP contribution in [-0.2, 0) is 0 Å². The molecule has 1 N–H and O–H groups in total. The lowest BCUT2D eigenvalue weighted by molar-refractivity contribution is 0.400. The molecule has 1 aromatic heterocycles. The fraction of sp³-hybridized carbons (Fsp3) is 0.500. The third-order valence-electron chi connectivity index (χ3n) is 0.986. The summed E-state index contributed by atoms with van der Waals surface area (Å²) in [5.74, 6) is 1.65. The molecule has 0 unspecified atom stereocenters. The van der Waals surface area contributed by atoms with E-state index in [1.807, 2.05) is 19.9 Å². The lowest BCUT2D eigenvalue weighted by Gasteiger charge is -1.90. The molecule has 9 heavy (non-hydrogen) atoms. The first-order valence-corrected chi connectivity index (χ1v) is 3.00. The Hall–Kier alpha value is -0.990. The van der Waals surface area contributed by atoms with Gasteiger partial charge in [0.15, 0.2) is 5.82 Å². The smallest absolute Gasteiger partial charge is 0.169 e. The van der Waals surface area contributed by atoms with Gasteiger partial charge in [0.05, 0.1) is 0 Å². The number of hydrogen-bond acceptors (Lipinski definition) is 3. The van der Waals surface area contributed by atoms with Gasteiger partial charge in [-0.25, -0.2) is 0 Å². The summed E-state index contributed by atoms with van der Waals surface area (Å²) < 4.78 is 4.80. The van der Waals surface area contributed by atoms with E-state index in [-0.39, 0.29) is 0 Å². The molecule has 0 spiro atoms. The van der Waals surface area contributed by atoms with Crippen molar-refractivity contribution in [1.29, 1.82) is 0 Å². The summed E-state index contributed by atoms with van der Waals surface area (Å²) in [6, 6.07) is 1.86. The standard InChI is InChI=1S/C6H10N2O/c1-3-7-6-4-5(2)9-8-6/h4H,3H2,1-2H3,(H,7,8). The maximum absolute atomic E-state index is 4.80. The Bertz CT molecular complexity index is 183. The number of nitrogens with one attached hydrogen (secondary N) is 1. The number of aryl methyl sites for hydroxylation is 1. The molecular weight excluding hydrogens is 116 g/mol. The van der Waals surface area contributed by atoms with Crippen molar-refractivity contribution in [2.24, 2.45) is 0 Å². The summed E-state index contributed by atoms with van der Waals surface area (Å²) in [5.41, 5.74) is 0. The van der Waals surface area contributed by atoms with Gasteiger partial charge in [-0.05, 0) is 13.8 Å². The van der Waals surface area contributed by atoms with Crippen molar-refractivity contribution in [2.75, 3.05) is 11.9 Å². The van der Waals surface area contributed by atoms with Crippen molar-refractivity contribution < 1.29 is 4.52 Å². The van der Waals surface area contributed by atoms with Crippen LogP contribution in [0, 0.1) is 6.92 Å². The van der Waals surface area contributed by atoms with Gasteiger partial charge in [-0.15, -0.1) is 0 Å². The Morgan fingerprint density at radius 1 is 1.78 bits per heavy atom. The maximum atomic E-state index is 4.80. The SMILES string of the molecule is CCNc1cc(C)on1. The van der Waals surface area contributed by atoms with Crippen LogP contribution in [0.15, 0.2) is 10.6 Å². The average Bonchev–Trinajstić information content (AvgIpc) is 2.17. The van der Waals surface area contributed by atoms with E-state index in [2.05, 4.69) is 10.5 Å². The Labute approximate surface area is 54.0 Å². The zero-order valence-electron chi connectivity index (χ0n) is 5.64. The van der Waals surface area contributed by atoms with Crippen molar-refractivity contribution in [2.45, 2.75) is 13.8 Å². The number of hydrogen-bond donors (Lipinski definition) is 1. The molecule has 3 heteroatoms. The molecule has 1 rings (SSSR count). The van der Waals surface area contributed by atoms with Crippen molar-refractivity contribution in [3.63, 3.8) is 0 Å². The molecule has 0 saturated heterocycles. The van der Waals surface area contributed by atoms with Crippen LogP contribution in [0.1, 0.15) is 12.7 Å². The Kier molecular flexibility index (Phi) is 1.72. The second-order valence-corrected chi connectivity index (χ2v) is 1.85. The summed E-state index contributed by atoms with van der Waals surface area (Å²) >= 11 is 0. The Morgan fingerprint density at radius 2 is 2.56 bits per heavy atom. The topological polar surface area (TPSA) is 38.1 Å². The van der Waals surface area contributed by atoms with E-state index in [0.29, 0.717) is 0 Å². The third kappa shape index (κ3) is 1.45. The number of aromatic nitrogens is 1. The molecule has 1 heterocycles. The zero-order valence-corrected chi connectivity index (χ0v) is 5.64. The molecule has 0 bridgehead atoms. The average molecular weight is 126 g/mol. The molecule has 50 valence electrons. The minimum Gasteiger partial charge on any atom is -0.368 e. The lowest BCUT2D eigenvalue weighted by Crippen LogP contribution is -1.95. The van der Waals surface area contributed by atoms with E-state index < -0.39 is 0 Å². The molecule has 0 saturated carbocycles. The van der Waals surface area contributed by atoms with Crippen LogP contribution in [0.5, 0.6) is 0 Å². The van der Waals surface area contributed by atoms with Gasteiger partial charge in [0.25, 0.3) is 0 Å². The molecule has 0 atom stereocenters. The first-order chi connectivity index (χ1) is 4.33. The summed E-state index contributed by atoms with van der Waals surface area (Å²) in [6.45, 7) is 4.77. The van der Waals surface area contributed by atoms with Gasteiger partial charge in [0, 0.05) is 12.6 Å². The summed E-state index contributed by atoms with van der Waals surface area (Å²) in [5, 5.41) is 6.74. The number of rotatable bonds is 2. The highest BCUT2D eigenvalue weighted by molar-refractivity contribution is 5.32. The van der Waals surface area contributed by atoms with Crippen molar-refractivity contribution >= 4 is 5.82 Å². The third-order valence-corrected chi connectivity index (χ3v) is 0.986. The molecule has 0 aliphatic rings. The van der Waals surface area contributed by atoms with Crippen molar-refractivity contribution in [1.82, 2.24) is 5.16 Å². The van der Waals surface area contributed by atoms with Gasteiger partial charge in [-0.1, -0.05) is 5.16 Å². The molecule has 0 aliphatic carbocycles. The minimum atomic E-state index is 0.815. The van der Waals surface area contributed by atoms with Crippen LogP contribution in [0.2, 0.25) is 0 Å². The normalized spacial score (nSPS) is 9.56. The van der Waals surface area contributed by atoms with Crippen LogP contribution in [0.3, 0.4) is 0 Å². The molecular formula is C6H10N2O. The van der Waals surface area contributed by atoms with E-state index >= 15 is 0 Å². The molecule has 0 radical (unpaired) electrons. The zero-order chi connectivity index (χ0) is 6.69. The highest BCUT2D eigenvalue weighted by atomic mass is 16.5. The minimum absolute atomic E-state index is 0.815. The molecule has 0 amide bonds. The van der Waals surface area contributed by atoms with Gasteiger partial charge in [-0.2, -0.15) is 0 Å². The molecule has 0 aliphatic heterocycles. The number of nitrogens with zero attached hydrogens (tertiary/aromatic N) is 1. The van der Waals surface area contributed by atoms with Gasteiger partial charge < -0.3 is 9.84 Å². The summed E-state index contributed by atoms with van der Waals surface area (Å²) in [6.07, 6.45) is 0. The van der Waals surface area contributed by atoms with Crippen molar-refractivity contribution in [3.05, 3.63) is 11.8 Å². The summed E-state index contributed by atoms with van der Waals surface area (Å²) in [4.78, 5) is 0. The van der Waals surface area contributed by atoms with E-state index in [4.69, 9.17) is 4.52 Å². The van der Waals surface area contributed by atoms with Crippen LogP contribution in [0.4, 0.5) is 5.82 Å². The predicted molar refractivity (Wildman–Crippen MR) is 35.4 cm³/mol. The van der Waals surface area contributed by atoms with E-state index in [1.54, 1.807) is 0 Å². The monoisotopic (exact) mass is 126 g/mol. The maximum Gasteiger partial charge on any atom is 0.169 e. The highest BCUT2D eigenvalue weighted by Crippen LogP contribution is 2.05. The Morgan fingerprint density at radius 3 is 3.00 bits per heavy atom. The largest absolute Gasteiger partial charge is 0.368 e. The predicted octanol–water partition coefficient (Wildman–Crippen LogP) is 1.41. The molecule has 1 aromatic rings. The Balaban J connectivity index is 2.61. The van der Waals surface area contributed by atoms with Gasteiger partial charge >= 0.3 is 0 Å². The van der Waals surface area contributed by atoms with Crippen LogP contribution < -0.4 is 5.32 Å². The van der Waals surface area contributed by atoms with Crippen LogP contribution in [0.25, 0.3) is 0 Å². The van der Waals surface area contributed by atoms with E-state index in [1.165, 1.54) is 0 Å². The fourth-order valence-corrected chi connectivity index (χ4v) is 0.631. The summed E-state index contributed by atoms with van der Waals surface area (Å²) in [7, 11) is 0. The van der Waals surface area contributed by atoms with Crippen LogP contribution >= 0.6 is 0 Å². The van der Waals surface area contributed by atoms with E-state index in [9.17, 15) is 0 Å². The van der Waals surface area contributed by atoms with Gasteiger partial charge in [0.2, 0.25) is 0 Å².